The summed E-state index contributed by atoms with van der Waals surface area (Å²) in [6.07, 6.45) is 2.77. The molecule has 0 atom stereocenters. The molecule has 3 rings (SSSR count). The van der Waals surface area contributed by atoms with Crippen LogP contribution in [0.2, 0.25) is 0 Å². The van der Waals surface area contributed by atoms with Gasteiger partial charge in [0.25, 0.3) is 0 Å². The predicted octanol–water partition coefficient (Wildman–Crippen LogP) is 0.0331. The molecule has 2 fully saturated rings. The summed E-state index contributed by atoms with van der Waals surface area (Å²) in [4.78, 5) is 4.81. The molecule has 1 aliphatic carbocycles. The largest absolute Gasteiger partial charge is 0.488 e. The maximum atomic E-state index is 13.5. The molecule has 21 heavy (non-hydrogen) atoms. The molecular weight excluding hydrogens is 270 g/mol. The van der Waals surface area contributed by atoms with Gasteiger partial charge in [-0.1, -0.05) is 6.07 Å². The zero-order chi connectivity index (χ0) is 14.8. The van der Waals surface area contributed by atoms with Crippen LogP contribution in [0, 0.1) is 11.7 Å². The molecule has 0 bridgehead atoms. The Hall–Kier alpha value is -0.945. The molecule has 2 N–H and O–H groups in total. The van der Waals surface area contributed by atoms with E-state index >= 15 is 0 Å². The molecule has 1 aromatic rings. The van der Waals surface area contributed by atoms with E-state index in [1.54, 1.807) is 6.07 Å². The second-order valence-electron chi connectivity index (χ2n) is 6.29. The van der Waals surface area contributed by atoms with Crippen LogP contribution in [-0.4, -0.2) is 59.7 Å². The van der Waals surface area contributed by atoms with Crippen LogP contribution < -0.4 is 5.46 Å². The summed E-state index contributed by atoms with van der Waals surface area (Å²) in [5.74, 6) is 0.510. The number of hydrogen-bond donors (Lipinski definition) is 2. The van der Waals surface area contributed by atoms with Crippen molar-refractivity contribution in [3.05, 3.63) is 29.6 Å². The number of nitrogens with zero attached hydrogens (tertiary/aromatic N) is 2. The summed E-state index contributed by atoms with van der Waals surface area (Å²) in [6, 6.07) is 4.31. The van der Waals surface area contributed by atoms with Gasteiger partial charge < -0.3 is 14.9 Å². The van der Waals surface area contributed by atoms with Gasteiger partial charge in [0.15, 0.2) is 0 Å². The second-order valence-corrected chi connectivity index (χ2v) is 6.29. The Morgan fingerprint density at radius 2 is 1.71 bits per heavy atom. The van der Waals surface area contributed by atoms with E-state index in [1.807, 2.05) is 0 Å². The predicted molar refractivity (Wildman–Crippen MR) is 80.7 cm³/mol. The zero-order valence-electron chi connectivity index (χ0n) is 12.2. The summed E-state index contributed by atoms with van der Waals surface area (Å²) >= 11 is 0. The van der Waals surface area contributed by atoms with E-state index < -0.39 is 12.9 Å². The highest BCUT2D eigenvalue weighted by molar-refractivity contribution is 6.58. The number of hydrogen-bond acceptors (Lipinski definition) is 4. The zero-order valence-corrected chi connectivity index (χ0v) is 12.2. The van der Waals surface area contributed by atoms with Crippen molar-refractivity contribution in [1.29, 1.82) is 0 Å². The molecule has 1 aromatic carbocycles. The second kappa shape index (κ2) is 6.44. The van der Waals surface area contributed by atoms with E-state index in [4.69, 9.17) is 0 Å². The highest BCUT2D eigenvalue weighted by atomic mass is 19.1. The Kier molecular flexibility index (Phi) is 4.59. The first-order chi connectivity index (χ1) is 10.1. The van der Waals surface area contributed by atoms with E-state index in [1.165, 1.54) is 31.5 Å². The molecule has 6 heteroatoms. The molecule has 1 aliphatic heterocycles. The Morgan fingerprint density at radius 1 is 1.05 bits per heavy atom. The summed E-state index contributed by atoms with van der Waals surface area (Å²) in [6.45, 7) is 6.01. The number of rotatable bonds is 5. The molecule has 0 unspecified atom stereocenters. The molecule has 0 spiro atoms. The minimum absolute atomic E-state index is 0.220. The van der Waals surface area contributed by atoms with Crippen molar-refractivity contribution in [2.24, 2.45) is 5.92 Å². The molecule has 0 amide bonds. The van der Waals surface area contributed by atoms with Gasteiger partial charge in [-0.25, -0.2) is 4.39 Å². The van der Waals surface area contributed by atoms with Gasteiger partial charge in [0.1, 0.15) is 5.82 Å². The maximum Gasteiger partial charge on any atom is 0.488 e. The minimum atomic E-state index is -1.62. The summed E-state index contributed by atoms with van der Waals surface area (Å²) in [5.41, 5.74) is 1.02. The van der Waals surface area contributed by atoms with Crippen molar-refractivity contribution >= 4 is 12.6 Å². The molecule has 1 saturated carbocycles. The van der Waals surface area contributed by atoms with E-state index in [0.29, 0.717) is 6.54 Å². The van der Waals surface area contributed by atoms with Crippen molar-refractivity contribution < 1.29 is 14.4 Å². The van der Waals surface area contributed by atoms with E-state index in [9.17, 15) is 14.4 Å². The van der Waals surface area contributed by atoms with Gasteiger partial charge in [-0.3, -0.25) is 4.90 Å². The van der Waals surface area contributed by atoms with Crippen molar-refractivity contribution in [3.63, 3.8) is 0 Å². The van der Waals surface area contributed by atoms with Crippen molar-refractivity contribution in [3.8, 4) is 0 Å². The highest BCUT2D eigenvalue weighted by Gasteiger charge is 2.26. The molecule has 1 saturated heterocycles. The lowest BCUT2D eigenvalue weighted by Gasteiger charge is -2.34. The normalized spacial score (nSPS) is 20.7. The van der Waals surface area contributed by atoms with Crippen molar-refractivity contribution in [2.45, 2.75) is 19.4 Å². The van der Waals surface area contributed by atoms with Gasteiger partial charge in [0, 0.05) is 39.3 Å². The number of benzene rings is 1. The van der Waals surface area contributed by atoms with E-state index in [0.717, 1.165) is 37.7 Å². The molecule has 0 aromatic heterocycles. The molecular formula is C15H22BFN2O2. The van der Waals surface area contributed by atoms with Crippen LogP contribution in [0.5, 0.6) is 0 Å². The number of halogens is 1. The summed E-state index contributed by atoms with van der Waals surface area (Å²) in [5, 5.41) is 18.3. The van der Waals surface area contributed by atoms with Crippen LogP contribution in [0.25, 0.3) is 0 Å². The van der Waals surface area contributed by atoms with Crippen LogP contribution in [0.4, 0.5) is 4.39 Å². The van der Waals surface area contributed by atoms with Gasteiger partial charge in [0.2, 0.25) is 0 Å². The maximum absolute atomic E-state index is 13.5. The summed E-state index contributed by atoms with van der Waals surface area (Å²) in [7, 11) is -1.62. The molecule has 1 heterocycles. The fraction of sp³-hybridized carbons (Fsp3) is 0.600. The van der Waals surface area contributed by atoms with Crippen molar-refractivity contribution in [1.82, 2.24) is 9.80 Å². The minimum Gasteiger partial charge on any atom is -0.423 e. The third kappa shape index (κ3) is 4.26. The molecule has 4 nitrogen and oxygen atoms in total. The SMILES string of the molecule is OB(O)c1cc(F)cc(CN2CCN(CC3CC3)CC2)c1. The third-order valence-corrected chi connectivity index (χ3v) is 4.36. The molecule has 2 aliphatic rings. The van der Waals surface area contributed by atoms with Crippen molar-refractivity contribution in [2.75, 3.05) is 32.7 Å². The quantitative estimate of drug-likeness (QED) is 0.752. The summed E-state index contributed by atoms with van der Waals surface area (Å²) < 4.78 is 13.5. The fourth-order valence-electron chi connectivity index (χ4n) is 2.97. The average molecular weight is 292 g/mol. The molecule has 0 radical (unpaired) electrons. The smallest absolute Gasteiger partial charge is 0.423 e. The van der Waals surface area contributed by atoms with E-state index in [2.05, 4.69) is 9.80 Å². The van der Waals surface area contributed by atoms with Gasteiger partial charge in [-0.2, -0.15) is 0 Å². The van der Waals surface area contributed by atoms with Crippen LogP contribution in [0.15, 0.2) is 18.2 Å². The fourth-order valence-corrected chi connectivity index (χ4v) is 2.97. The van der Waals surface area contributed by atoms with Gasteiger partial charge in [-0.15, -0.1) is 0 Å². The number of piperazine rings is 1. The monoisotopic (exact) mass is 292 g/mol. The lowest BCUT2D eigenvalue weighted by molar-refractivity contribution is 0.123. The third-order valence-electron chi connectivity index (χ3n) is 4.36. The lowest BCUT2D eigenvalue weighted by Crippen LogP contribution is -2.46. The molecule has 114 valence electrons. The highest BCUT2D eigenvalue weighted by Crippen LogP contribution is 2.29. The van der Waals surface area contributed by atoms with Gasteiger partial charge in [0.05, 0.1) is 0 Å². The Labute approximate surface area is 125 Å². The average Bonchev–Trinajstić information content (AvgIpc) is 3.24. The van der Waals surface area contributed by atoms with Crippen LogP contribution in [0.1, 0.15) is 18.4 Å². The van der Waals surface area contributed by atoms with Gasteiger partial charge >= 0.3 is 7.12 Å². The first-order valence-corrected chi connectivity index (χ1v) is 7.70. The van der Waals surface area contributed by atoms with Gasteiger partial charge in [-0.05, 0) is 41.9 Å². The topological polar surface area (TPSA) is 46.9 Å². The van der Waals surface area contributed by atoms with Crippen LogP contribution in [-0.2, 0) is 6.54 Å². The Balaban J connectivity index is 1.54. The Bertz CT molecular complexity index is 489. The van der Waals surface area contributed by atoms with E-state index in [-0.39, 0.29) is 5.46 Å². The standard InChI is InChI=1S/C15H22BFN2O2/c17-15-8-13(7-14(9-15)16(20)21)11-19-5-3-18(4-6-19)10-12-1-2-12/h7-9,12,20-21H,1-6,10-11H2. The Morgan fingerprint density at radius 3 is 2.33 bits per heavy atom. The lowest BCUT2D eigenvalue weighted by atomic mass is 9.79. The first-order valence-electron chi connectivity index (χ1n) is 7.70. The van der Waals surface area contributed by atoms with Crippen LogP contribution >= 0.6 is 0 Å². The first kappa shape index (κ1) is 15.0. The van der Waals surface area contributed by atoms with Crippen LogP contribution in [0.3, 0.4) is 0 Å².